The van der Waals surface area contributed by atoms with E-state index < -0.39 is 5.91 Å². The quantitative estimate of drug-likeness (QED) is 0.837. The zero-order valence-electron chi connectivity index (χ0n) is 9.08. The van der Waals surface area contributed by atoms with Crippen molar-refractivity contribution in [2.45, 2.75) is 0 Å². The predicted octanol–water partition coefficient (Wildman–Crippen LogP) is 2.53. The maximum atomic E-state index is 12.9. The molecule has 5 heteroatoms. The fourth-order valence-electron chi connectivity index (χ4n) is 1.78. The summed E-state index contributed by atoms with van der Waals surface area (Å²) in [6, 6.07) is 6.00. The van der Waals surface area contributed by atoms with Crippen LogP contribution in [-0.2, 0) is 7.05 Å². The van der Waals surface area contributed by atoms with Crippen molar-refractivity contribution in [2.75, 3.05) is 0 Å². The highest BCUT2D eigenvalue weighted by molar-refractivity contribution is 14.1. The Kier molecular flexibility index (Phi) is 3.19. The Hall–Kier alpha value is -1.37. The van der Waals surface area contributed by atoms with Crippen LogP contribution in [0.3, 0.4) is 0 Å². The minimum Gasteiger partial charge on any atom is -0.364 e. The zero-order valence-corrected chi connectivity index (χ0v) is 11.2. The van der Waals surface area contributed by atoms with Crippen molar-refractivity contribution in [1.29, 1.82) is 0 Å². The number of rotatable bonds is 2. The molecule has 1 heterocycles. The molecule has 0 saturated heterocycles. The molecule has 0 aliphatic heterocycles. The van der Waals surface area contributed by atoms with Crippen molar-refractivity contribution in [1.82, 2.24) is 4.57 Å². The minimum absolute atomic E-state index is 0.305. The molecule has 3 nitrogen and oxygen atoms in total. The summed E-state index contributed by atoms with van der Waals surface area (Å²) < 4.78 is 15.5. The van der Waals surface area contributed by atoms with E-state index >= 15 is 0 Å². The summed E-state index contributed by atoms with van der Waals surface area (Å²) in [5.41, 5.74) is 7.32. The first kappa shape index (κ1) is 12.1. The Morgan fingerprint density at radius 2 is 1.94 bits per heavy atom. The van der Waals surface area contributed by atoms with Gasteiger partial charge in [-0.3, -0.25) is 4.79 Å². The molecule has 0 fully saturated rings. The second kappa shape index (κ2) is 4.48. The van der Waals surface area contributed by atoms with Crippen LogP contribution in [0.2, 0.25) is 0 Å². The fourth-order valence-corrected chi connectivity index (χ4v) is 2.76. The third-order valence-electron chi connectivity index (χ3n) is 2.50. The summed E-state index contributed by atoms with van der Waals surface area (Å²) in [7, 11) is 1.76. The molecule has 88 valence electrons. The van der Waals surface area contributed by atoms with Crippen LogP contribution in [0.1, 0.15) is 10.5 Å². The van der Waals surface area contributed by atoms with E-state index in [0.29, 0.717) is 5.69 Å². The smallest absolute Gasteiger partial charge is 0.266 e. The number of amides is 1. The molecule has 2 aromatic rings. The number of halogens is 2. The van der Waals surface area contributed by atoms with E-state index in [0.717, 1.165) is 14.7 Å². The lowest BCUT2D eigenvalue weighted by molar-refractivity contribution is 0.0993. The standard InChI is InChI=1S/C12H10FIN2O/c1-16-6-9(14)10(11(16)12(15)17)7-2-4-8(13)5-3-7/h2-6H,1H3,(H2,15,17). The monoisotopic (exact) mass is 344 g/mol. The van der Waals surface area contributed by atoms with Gasteiger partial charge in [0.1, 0.15) is 11.5 Å². The van der Waals surface area contributed by atoms with Gasteiger partial charge in [-0.25, -0.2) is 4.39 Å². The van der Waals surface area contributed by atoms with Gasteiger partial charge in [0.05, 0.1) is 0 Å². The number of aromatic nitrogens is 1. The van der Waals surface area contributed by atoms with Crippen LogP contribution in [0.15, 0.2) is 30.5 Å². The SMILES string of the molecule is Cn1cc(I)c(-c2ccc(F)cc2)c1C(N)=O. The van der Waals surface area contributed by atoms with Gasteiger partial charge in [-0.2, -0.15) is 0 Å². The Labute approximate surface area is 112 Å². The number of nitrogens with two attached hydrogens (primary N) is 1. The van der Waals surface area contributed by atoms with Gasteiger partial charge in [0.2, 0.25) is 0 Å². The van der Waals surface area contributed by atoms with Gasteiger partial charge >= 0.3 is 0 Å². The molecule has 1 amide bonds. The van der Waals surface area contributed by atoms with Crippen LogP contribution in [-0.4, -0.2) is 10.5 Å². The highest BCUT2D eigenvalue weighted by atomic mass is 127. The highest BCUT2D eigenvalue weighted by Crippen LogP contribution is 2.30. The second-order valence-corrected chi connectivity index (χ2v) is 4.84. The molecule has 0 saturated carbocycles. The number of carbonyl (C=O) groups is 1. The first-order chi connectivity index (χ1) is 8.00. The van der Waals surface area contributed by atoms with Crippen molar-refractivity contribution < 1.29 is 9.18 Å². The Morgan fingerprint density at radius 1 is 1.35 bits per heavy atom. The summed E-state index contributed by atoms with van der Waals surface area (Å²) in [5, 5.41) is 0. The van der Waals surface area contributed by atoms with Gasteiger partial charge < -0.3 is 10.3 Å². The molecule has 0 atom stereocenters. The molecular weight excluding hydrogens is 334 g/mol. The van der Waals surface area contributed by atoms with Crippen LogP contribution >= 0.6 is 22.6 Å². The molecule has 2 rings (SSSR count). The third kappa shape index (κ3) is 2.19. The number of hydrogen-bond donors (Lipinski definition) is 1. The first-order valence-corrected chi connectivity index (χ1v) is 5.99. The number of aryl methyl sites for hydroxylation is 1. The van der Waals surface area contributed by atoms with Gasteiger partial charge in [0.25, 0.3) is 5.91 Å². The minimum atomic E-state index is -0.491. The summed E-state index contributed by atoms with van der Waals surface area (Å²) in [6.07, 6.45) is 1.82. The number of primary amides is 1. The Balaban J connectivity index is 2.66. The Morgan fingerprint density at radius 3 is 2.47 bits per heavy atom. The van der Waals surface area contributed by atoms with Gasteiger partial charge in [0, 0.05) is 22.4 Å². The molecule has 2 N–H and O–H groups in total. The number of nitrogens with zero attached hydrogens (tertiary/aromatic N) is 1. The molecule has 0 spiro atoms. The second-order valence-electron chi connectivity index (χ2n) is 3.68. The summed E-state index contributed by atoms with van der Waals surface area (Å²) >= 11 is 2.13. The van der Waals surface area contributed by atoms with Crippen molar-refractivity contribution >= 4 is 28.5 Å². The number of benzene rings is 1. The largest absolute Gasteiger partial charge is 0.364 e. The van der Waals surface area contributed by atoms with Crippen molar-refractivity contribution in [3.05, 3.63) is 45.5 Å². The molecule has 0 aliphatic carbocycles. The highest BCUT2D eigenvalue weighted by Gasteiger charge is 2.18. The summed E-state index contributed by atoms with van der Waals surface area (Å²) in [5.74, 6) is -0.796. The van der Waals surface area contributed by atoms with Crippen LogP contribution in [0.4, 0.5) is 4.39 Å². The maximum absolute atomic E-state index is 12.9. The van der Waals surface area contributed by atoms with Crippen LogP contribution in [0.25, 0.3) is 11.1 Å². The normalized spacial score (nSPS) is 10.5. The van der Waals surface area contributed by atoms with E-state index in [1.54, 1.807) is 23.7 Å². The molecule has 0 unspecified atom stereocenters. The summed E-state index contributed by atoms with van der Waals surface area (Å²) in [4.78, 5) is 11.4. The number of hydrogen-bond acceptors (Lipinski definition) is 1. The van der Waals surface area contributed by atoms with Gasteiger partial charge in [-0.05, 0) is 40.3 Å². The molecule has 0 aliphatic rings. The molecule has 1 aromatic heterocycles. The lowest BCUT2D eigenvalue weighted by Crippen LogP contribution is -2.16. The lowest BCUT2D eigenvalue weighted by atomic mass is 10.1. The van der Waals surface area contributed by atoms with Gasteiger partial charge in [0.15, 0.2) is 0 Å². The maximum Gasteiger partial charge on any atom is 0.266 e. The van der Waals surface area contributed by atoms with Gasteiger partial charge in [-0.1, -0.05) is 12.1 Å². The average Bonchev–Trinajstić information content (AvgIpc) is 2.55. The average molecular weight is 344 g/mol. The molecule has 17 heavy (non-hydrogen) atoms. The van der Waals surface area contributed by atoms with Crippen molar-refractivity contribution in [2.24, 2.45) is 12.8 Å². The van der Waals surface area contributed by atoms with E-state index in [2.05, 4.69) is 22.6 Å². The topological polar surface area (TPSA) is 48.0 Å². The van der Waals surface area contributed by atoms with Crippen LogP contribution in [0.5, 0.6) is 0 Å². The zero-order chi connectivity index (χ0) is 12.6. The van der Waals surface area contributed by atoms with E-state index in [-0.39, 0.29) is 5.82 Å². The first-order valence-electron chi connectivity index (χ1n) is 4.91. The van der Waals surface area contributed by atoms with Gasteiger partial charge in [-0.15, -0.1) is 0 Å². The Bertz CT molecular complexity index is 575. The van der Waals surface area contributed by atoms with Crippen molar-refractivity contribution in [3.63, 3.8) is 0 Å². The molecule has 0 bridgehead atoms. The molecule has 1 aromatic carbocycles. The predicted molar refractivity (Wildman–Crippen MR) is 72.0 cm³/mol. The van der Waals surface area contributed by atoms with E-state index in [1.165, 1.54) is 12.1 Å². The van der Waals surface area contributed by atoms with Crippen LogP contribution in [0, 0.1) is 9.39 Å². The van der Waals surface area contributed by atoms with Crippen molar-refractivity contribution in [3.8, 4) is 11.1 Å². The number of carbonyl (C=O) groups excluding carboxylic acids is 1. The van der Waals surface area contributed by atoms with E-state index in [4.69, 9.17) is 5.73 Å². The van der Waals surface area contributed by atoms with E-state index in [1.807, 2.05) is 6.20 Å². The van der Waals surface area contributed by atoms with Crippen LogP contribution < -0.4 is 5.73 Å². The lowest BCUT2D eigenvalue weighted by Gasteiger charge is -2.04. The molecular formula is C12H10FIN2O. The fraction of sp³-hybridized carbons (Fsp3) is 0.0833. The third-order valence-corrected chi connectivity index (χ3v) is 3.32. The van der Waals surface area contributed by atoms with E-state index in [9.17, 15) is 9.18 Å². The summed E-state index contributed by atoms with van der Waals surface area (Å²) in [6.45, 7) is 0. The molecule has 0 radical (unpaired) electrons.